The summed E-state index contributed by atoms with van der Waals surface area (Å²) in [6.45, 7) is 0. The van der Waals surface area contributed by atoms with Crippen LogP contribution < -0.4 is 25.9 Å². The molecule has 5 heteroatoms. The Morgan fingerprint density at radius 1 is 0.286 bits per heavy atom. The molecular formula is C58H42BO3P. The van der Waals surface area contributed by atoms with Gasteiger partial charge < -0.3 is 14.7 Å². The average molecular weight is 829 g/mol. The van der Waals surface area contributed by atoms with Gasteiger partial charge in [-0.05, 0) is 45.1 Å². The molecule has 0 atom stereocenters. The van der Waals surface area contributed by atoms with Crippen molar-refractivity contribution in [2.75, 3.05) is 0 Å². The maximum absolute atomic E-state index is 9.14. The van der Waals surface area contributed by atoms with Crippen LogP contribution in [0.15, 0.2) is 237 Å². The average Bonchev–Trinajstić information content (AvgIpc) is 3.34. The fourth-order valence-electron chi connectivity index (χ4n) is 10.1. The molecule has 12 aromatic rings. The van der Waals surface area contributed by atoms with Crippen LogP contribution in [0.3, 0.4) is 0 Å². The third kappa shape index (κ3) is 6.68. The molecule has 12 aromatic carbocycles. The molecule has 0 aliphatic carbocycles. The Balaban J connectivity index is 0.000000170. The Labute approximate surface area is 366 Å². The minimum absolute atomic E-state index is 0.466. The predicted molar refractivity (Wildman–Crippen MR) is 272 cm³/mol. The molecule has 12 rings (SSSR count). The SMILES string of the molecule is OB(O)Oc1cccc2ccc3cc4ccccc4cc3c12.c1ccc2c([PH](c3cccc4ccccc34)(c3cccc4ccccc34)c3cccc4ccccc34)cccc2c1. The first-order chi connectivity index (χ1) is 31.1. The van der Waals surface area contributed by atoms with Crippen LogP contribution in [0.25, 0.3) is 75.4 Å². The van der Waals surface area contributed by atoms with Crippen LogP contribution in [0.2, 0.25) is 0 Å². The van der Waals surface area contributed by atoms with Crippen LogP contribution >= 0.6 is 7.26 Å². The van der Waals surface area contributed by atoms with E-state index in [0.717, 1.165) is 26.9 Å². The number of fused-ring (bicyclic) bond motifs is 8. The second-order valence-corrected chi connectivity index (χ2v) is 19.8. The molecule has 0 saturated heterocycles. The summed E-state index contributed by atoms with van der Waals surface area (Å²) in [5, 5.41) is 40.8. The van der Waals surface area contributed by atoms with E-state index in [-0.39, 0.29) is 0 Å². The quantitative estimate of drug-likeness (QED) is 0.0760. The molecule has 0 aliphatic rings. The Morgan fingerprint density at radius 3 is 1.05 bits per heavy atom. The molecule has 0 heterocycles. The first-order valence-corrected chi connectivity index (χ1v) is 23.4. The van der Waals surface area contributed by atoms with Crippen molar-refractivity contribution in [3.8, 4) is 5.75 Å². The third-order valence-electron chi connectivity index (χ3n) is 12.7. The molecule has 63 heavy (non-hydrogen) atoms. The maximum atomic E-state index is 9.14. The van der Waals surface area contributed by atoms with Crippen LogP contribution in [0.4, 0.5) is 0 Å². The van der Waals surface area contributed by atoms with Crippen LogP contribution in [0, 0.1) is 0 Å². The van der Waals surface area contributed by atoms with Crippen LogP contribution in [-0.2, 0) is 0 Å². The molecule has 0 saturated carbocycles. The topological polar surface area (TPSA) is 49.7 Å². The fraction of sp³-hybridized carbons (Fsp3) is 0. The number of hydrogen-bond acceptors (Lipinski definition) is 3. The zero-order valence-corrected chi connectivity index (χ0v) is 35.4. The van der Waals surface area contributed by atoms with E-state index in [1.165, 1.54) is 69.7 Å². The van der Waals surface area contributed by atoms with E-state index < -0.39 is 14.6 Å². The first kappa shape index (κ1) is 38.6. The van der Waals surface area contributed by atoms with Crippen molar-refractivity contribution in [3.05, 3.63) is 237 Å². The molecule has 0 fully saturated rings. The summed E-state index contributed by atoms with van der Waals surface area (Å²) in [6, 6.07) is 85.6. The zero-order valence-electron chi connectivity index (χ0n) is 34.4. The predicted octanol–water partition coefficient (Wildman–Crippen LogP) is 12.1. The van der Waals surface area contributed by atoms with Gasteiger partial charge in [-0.15, -0.1) is 0 Å². The van der Waals surface area contributed by atoms with Gasteiger partial charge >= 0.3 is 249 Å². The first-order valence-electron chi connectivity index (χ1n) is 21.4. The van der Waals surface area contributed by atoms with Crippen LogP contribution in [0.5, 0.6) is 5.75 Å². The monoisotopic (exact) mass is 828 g/mol. The Hall–Kier alpha value is -7.33. The molecule has 0 spiro atoms. The number of rotatable bonds is 6. The van der Waals surface area contributed by atoms with Crippen molar-refractivity contribution in [2.45, 2.75) is 0 Å². The molecule has 0 aromatic heterocycles. The van der Waals surface area contributed by atoms with E-state index in [0.29, 0.717) is 5.75 Å². The van der Waals surface area contributed by atoms with Gasteiger partial charge in [0, 0.05) is 5.39 Å². The van der Waals surface area contributed by atoms with Gasteiger partial charge in [-0.3, -0.25) is 0 Å². The molecule has 0 aliphatic heterocycles. The normalized spacial score (nSPS) is 11.9. The van der Waals surface area contributed by atoms with Crippen LogP contribution in [0.1, 0.15) is 0 Å². The summed E-state index contributed by atoms with van der Waals surface area (Å²) in [5.41, 5.74) is 0. The Bertz CT molecular complexity index is 3330. The van der Waals surface area contributed by atoms with Gasteiger partial charge in [0.2, 0.25) is 0 Å². The number of benzene rings is 12. The molecule has 300 valence electrons. The molecular weight excluding hydrogens is 786 g/mol. The summed E-state index contributed by atoms with van der Waals surface area (Å²) >= 11 is 0. The van der Waals surface area contributed by atoms with Gasteiger partial charge in [0.1, 0.15) is 5.75 Å². The Morgan fingerprint density at radius 2 is 0.619 bits per heavy atom. The minimum atomic E-state index is -2.96. The van der Waals surface area contributed by atoms with Crippen molar-refractivity contribution in [1.82, 2.24) is 0 Å². The van der Waals surface area contributed by atoms with E-state index >= 15 is 0 Å². The van der Waals surface area contributed by atoms with E-state index in [2.05, 4.69) is 200 Å². The third-order valence-corrected chi connectivity index (χ3v) is 17.7. The summed E-state index contributed by atoms with van der Waals surface area (Å²) < 4.78 is 5.16. The van der Waals surface area contributed by atoms with Crippen LogP contribution in [-0.4, -0.2) is 17.4 Å². The van der Waals surface area contributed by atoms with Crippen molar-refractivity contribution < 1.29 is 14.7 Å². The van der Waals surface area contributed by atoms with Crippen molar-refractivity contribution >= 4 is 111 Å². The summed E-state index contributed by atoms with van der Waals surface area (Å²) in [7, 11) is -4.79. The molecule has 3 nitrogen and oxygen atoms in total. The zero-order chi connectivity index (χ0) is 42.3. The van der Waals surface area contributed by atoms with Gasteiger partial charge in [0.25, 0.3) is 0 Å². The molecule has 2 N–H and O–H groups in total. The van der Waals surface area contributed by atoms with E-state index in [1.807, 2.05) is 30.3 Å². The van der Waals surface area contributed by atoms with E-state index in [4.69, 9.17) is 14.7 Å². The van der Waals surface area contributed by atoms with Crippen molar-refractivity contribution in [1.29, 1.82) is 0 Å². The summed E-state index contributed by atoms with van der Waals surface area (Å²) in [4.78, 5) is 0. The number of hydrogen-bond donors (Lipinski definition) is 2. The van der Waals surface area contributed by atoms with Gasteiger partial charge in [-0.2, -0.15) is 0 Å². The Kier molecular flexibility index (Phi) is 9.91. The fourth-order valence-corrected chi connectivity index (χ4v) is 15.7. The summed E-state index contributed by atoms with van der Waals surface area (Å²) in [6.07, 6.45) is 0. The van der Waals surface area contributed by atoms with Gasteiger partial charge in [-0.1, -0.05) is 48.5 Å². The van der Waals surface area contributed by atoms with Gasteiger partial charge in [0.15, 0.2) is 0 Å². The molecule has 0 amide bonds. The van der Waals surface area contributed by atoms with Crippen molar-refractivity contribution in [2.24, 2.45) is 0 Å². The standard InChI is InChI=1S/C40H29P.C18H13BO3/c1-5-21-33-29(13-1)17-9-25-37(33)41(38-26-10-18-30-14-2-6-22-34(30)38,39-27-11-19-31-15-3-7-23-35(31)39)40-28-12-20-32-16-4-8-24-36(32)40;20-19(21)22-17-7-3-6-12-8-9-15-10-13-4-1-2-5-14(13)11-16(15)18(12)17/h1-28,41H;1-11,20-21H. The van der Waals surface area contributed by atoms with Crippen molar-refractivity contribution in [3.63, 3.8) is 0 Å². The van der Waals surface area contributed by atoms with E-state index in [1.54, 1.807) is 6.07 Å². The summed E-state index contributed by atoms with van der Waals surface area (Å²) in [5.74, 6) is 0.466. The van der Waals surface area contributed by atoms with Gasteiger partial charge in [0.05, 0.1) is 0 Å². The van der Waals surface area contributed by atoms with E-state index in [9.17, 15) is 0 Å². The van der Waals surface area contributed by atoms with Gasteiger partial charge in [-0.25, -0.2) is 0 Å². The molecule has 0 radical (unpaired) electrons. The second-order valence-electron chi connectivity index (χ2n) is 16.1. The molecule has 0 bridgehead atoms. The second kappa shape index (κ2) is 16.2. The molecule has 0 unspecified atom stereocenters.